The van der Waals surface area contributed by atoms with Gasteiger partial charge < -0.3 is 9.47 Å². The molecular formula is C17H23NO4. The largest absolute Gasteiger partial charge is 0.466 e. The highest BCUT2D eigenvalue weighted by molar-refractivity contribution is 5.85. The Bertz CT molecular complexity index is 503. The van der Waals surface area contributed by atoms with Gasteiger partial charge in [-0.15, -0.1) is 0 Å². The van der Waals surface area contributed by atoms with E-state index >= 15 is 0 Å². The van der Waals surface area contributed by atoms with Crippen molar-refractivity contribution >= 4 is 11.9 Å². The maximum absolute atomic E-state index is 12.3. The first kappa shape index (κ1) is 16.5. The number of carbonyl (C=O) groups excluding carboxylic acids is 2. The van der Waals surface area contributed by atoms with Crippen LogP contribution in [0, 0.1) is 5.92 Å². The van der Waals surface area contributed by atoms with Crippen molar-refractivity contribution in [1.29, 1.82) is 0 Å². The zero-order chi connectivity index (χ0) is 15.9. The van der Waals surface area contributed by atoms with Gasteiger partial charge in [-0.3, -0.25) is 14.5 Å². The minimum absolute atomic E-state index is 0.309. The molecule has 0 aromatic heterocycles. The molecule has 1 heterocycles. The average molecular weight is 305 g/mol. The molecule has 0 aliphatic carbocycles. The van der Waals surface area contributed by atoms with Crippen LogP contribution in [0.15, 0.2) is 30.3 Å². The summed E-state index contributed by atoms with van der Waals surface area (Å²) in [5.41, 5.74) is 1.11. The van der Waals surface area contributed by atoms with E-state index in [1.165, 1.54) is 0 Å². The van der Waals surface area contributed by atoms with E-state index in [4.69, 9.17) is 9.47 Å². The van der Waals surface area contributed by atoms with Crippen LogP contribution in [0.4, 0.5) is 0 Å². The molecular weight excluding hydrogens is 282 g/mol. The first-order valence-electron chi connectivity index (χ1n) is 7.78. The molecule has 0 radical (unpaired) electrons. The highest BCUT2D eigenvalue weighted by atomic mass is 16.5. The van der Waals surface area contributed by atoms with Crippen molar-refractivity contribution in [2.45, 2.75) is 32.9 Å². The van der Waals surface area contributed by atoms with Crippen LogP contribution in [0.2, 0.25) is 0 Å². The normalized spacial score (nSPS) is 21.5. The monoisotopic (exact) mass is 305 g/mol. The fourth-order valence-electron chi connectivity index (χ4n) is 2.89. The molecule has 0 amide bonds. The molecule has 2 unspecified atom stereocenters. The average Bonchev–Trinajstić information content (AvgIpc) is 2.92. The van der Waals surface area contributed by atoms with Crippen molar-refractivity contribution in [2.24, 2.45) is 5.92 Å². The third-order valence-electron chi connectivity index (χ3n) is 3.85. The summed E-state index contributed by atoms with van der Waals surface area (Å²) in [5.74, 6) is -1.09. The van der Waals surface area contributed by atoms with Crippen molar-refractivity contribution in [3.05, 3.63) is 35.9 Å². The van der Waals surface area contributed by atoms with Gasteiger partial charge >= 0.3 is 11.9 Å². The summed E-state index contributed by atoms with van der Waals surface area (Å²) in [5, 5.41) is 0. The number of likely N-dealkylation sites (tertiary alicyclic amines) is 1. The molecule has 5 heteroatoms. The second-order valence-corrected chi connectivity index (χ2v) is 5.30. The van der Waals surface area contributed by atoms with Gasteiger partial charge in [-0.1, -0.05) is 30.3 Å². The Morgan fingerprint density at radius 1 is 1.09 bits per heavy atom. The predicted octanol–water partition coefficient (Wildman–Crippen LogP) is 2.00. The Morgan fingerprint density at radius 2 is 1.73 bits per heavy atom. The Hall–Kier alpha value is -1.88. The molecule has 2 rings (SSSR count). The number of nitrogens with zero attached hydrogens (tertiary/aromatic N) is 1. The SMILES string of the molecule is CCOC(=O)C1CCN(Cc2ccccc2)C1C(=O)OCC. The lowest BCUT2D eigenvalue weighted by molar-refractivity contribution is -0.158. The molecule has 5 nitrogen and oxygen atoms in total. The number of ether oxygens (including phenoxy) is 2. The number of esters is 2. The fourth-order valence-corrected chi connectivity index (χ4v) is 2.89. The van der Waals surface area contributed by atoms with Crippen LogP contribution in [0.5, 0.6) is 0 Å². The second-order valence-electron chi connectivity index (χ2n) is 5.30. The van der Waals surface area contributed by atoms with E-state index in [1.54, 1.807) is 13.8 Å². The van der Waals surface area contributed by atoms with Crippen molar-refractivity contribution in [3.63, 3.8) is 0 Å². The van der Waals surface area contributed by atoms with Crippen LogP contribution in [-0.4, -0.2) is 42.6 Å². The molecule has 22 heavy (non-hydrogen) atoms. The second kappa shape index (κ2) is 7.94. The lowest BCUT2D eigenvalue weighted by atomic mass is 10.0. The summed E-state index contributed by atoms with van der Waals surface area (Å²) < 4.78 is 10.3. The molecule has 0 N–H and O–H groups in total. The van der Waals surface area contributed by atoms with Gasteiger partial charge in [-0.05, 0) is 25.8 Å². The van der Waals surface area contributed by atoms with Gasteiger partial charge in [0.2, 0.25) is 0 Å². The van der Waals surface area contributed by atoms with Crippen LogP contribution in [0.3, 0.4) is 0 Å². The van der Waals surface area contributed by atoms with Gasteiger partial charge in [-0.2, -0.15) is 0 Å². The van der Waals surface area contributed by atoms with E-state index in [0.717, 1.165) is 5.56 Å². The van der Waals surface area contributed by atoms with Gasteiger partial charge in [0.15, 0.2) is 0 Å². The van der Waals surface area contributed by atoms with Gasteiger partial charge in [0.05, 0.1) is 19.1 Å². The Morgan fingerprint density at radius 3 is 2.36 bits per heavy atom. The summed E-state index contributed by atoms with van der Waals surface area (Å²) >= 11 is 0. The minimum atomic E-state index is -0.556. The van der Waals surface area contributed by atoms with E-state index < -0.39 is 12.0 Å². The zero-order valence-electron chi connectivity index (χ0n) is 13.2. The number of hydrogen-bond acceptors (Lipinski definition) is 5. The number of benzene rings is 1. The predicted molar refractivity (Wildman–Crippen MR) is 82.0 cm³/mol. The maximum atomic E-state index is 12.3. The molecule has 2 atom stereocenters. The Labute approximate surface area is 131 Å². The Balaban J connectivity index is 2.14. The Kier molecular flexibility index (Phi) is 5.95. The number of rotatable bonds is 6. The molecule has 1 aromatic rings. The van der Waals surface area contributed by atoms with Gasteiger partial charge in [0.1, 0.15) is 6.04 Å². The molecule has 0 bridgehead atoms. The lowest BCUT2D eigenvalue weighted by Gasteiger charge is -2.25. The molecule has 1 aromatic carbocycles. The molecule has 120 valence electrons. The third kappa shape index (κ3) is 3.85. The molecule has 0 saturated carbocycles. The standard InChI is InChI=1S/C17H23NO4/c1-3-21-16(19)14-10-11-18(15(14)17(20)22-4-2)12-13-8-6-5-7-9-13/h5-9,14-15H,3-4,10-12H2,1-2H3. The van der Waals surface area contributed by atoms with Crippen LogP contribution in [0.1, 0.15) is 25.8 Å². The molecule has 1 fully saturated rings. The van der Waals surface area contributed by atoms with Crippen molar-refractivity contribution in [3.8, 4) is 0 Å². The highest BCUT2D eigenvalue weighted by Gasteiger charge is 2.44. The minimum Gasteiger partial charge on any atom is -0.466 e. The lowest BCUT2D eigenvalue weighted by Crippen LogP contribution is -2.43. The summed E-state index contributed by atoms with van der Waals surface area (Å²) in [4.78, 5) is 26.4. The zero-order valence-corrected chi connectivity index (χ0v) is 13.2. The van der Waals surface area contributed by atoms with Crippen LogP contribution < -0.4 is 0 Å². The topological polar surface area (TPSA) is 55.8 Å². The highest BCUT2D eigenvalue weighted by Crippen LogP contribution is 2.28. The van der Waals surface area contributed by atoms with Crippen LogP contribution >= 0.6 is 0 Å². The smallest absolute Gasteiger partial charge is 0.324 e. The molecule has 1 aliphatic heterocycles. The van der Waals surface area contributed by atoms with E-state index in [-0.39, 0.29) is 11.9 Å². The van der Waals surface area contributed by atoms with E-state index in [2.05, 4.69) is 0 Å². The first-order valence-corrected chi connectivity index (χ1v) is 7.78. The van der Waals surface area contributed by atoms with E-state index in [1.807, 2.05) is 35.2 Å². The van der Waals surface area contributed by atoms with Crippen molar-refractivity contribution in [1.82, 2.24) is 4.90 Å². The summed E-state index contributed by atoms with van der Waals surface area (Å²) in [6.45, 7) is 5.48. The van der Waals surface area contributed by atoms with Crippen molar-refractivity contribution in [2.75, 3.05) is 19.8 Å². The number of carbonyl (C=O) groups is 2. The number of hydrogen-bond donors (Lipinski definition) is 0. The maximum Gasteiger partial charge on any atom is 0.324 e. The molecule has 0 spiro atoms. The van der Waals surface area contributed by atoms with Crippen LogP contribution in [-0.2, 0) is 25.6 Å². The quantitative estimate of drug-likeness (QED) is 0.753. The summed E-state index contributed by atoms with van der Waals surface area (Å²) in [6, 6.07) is 9.36. The van der Waals surface area contributed by atoms with Crippen LogP contribution in [0.25, 0.3) is 0 Å². The van der Waals surface area contributed by atoms with Gasteiger partial charge in [0, 0.05) is 13.1 Å². The van der Waals surface area contributed by atoms with E-state index in [9.17, 15) is 9.59 Å². The molecule has 1 saturated heterocycles. The first-order chi connectivity index (χ1) is 10.7. The summed E-state index contributed by atoms with van der Waals surface area (Å²) in [7, 11) is 0. The summed E-state index contributed by atoms with van der Waals surface area (Å²) in [6.07, 6.45) is 0.620. The fraction of sp³-hybridized carbons (Fsp3) is 0.529. The third-order valence-corrected chi connectivity index (χ3v) is 3.85. The van der Waals surface area contributed by atoms with Gasteiger partial charge in [-0.25, -0.2) is 0 Å². The molecule has 1 aliphatic rings. The van der Waals surface area contributed by atoms with Gasteiger partial charge in [0.25, 0.3) is 0 Å². The van der Waals surface area contributed by atoms with Crippen molar-refractivity contribution < 1.29 is 19.1 Å². The van der Waals surface area contributed by atoms with E-state index in [0.29, 0.717) is 32.7 Å².